The minimum absolute atomic E-state index is 0. The van der Waals surface area contributed by atoms with Crippen molar-refractivity contribution in [3.63, 3.8) is 0 Å². The summed E-state index contributed by atoms with van der Waals surface area (Å²) in [5, 5.41) is 0. The number of hydrogen-bond acceptors (Lipinski definition) is 4. The van der Waals surface area contributed by atoms with Crippen molar-refractivity contribution >= 4 is 10.4 Å². The van der Waals surface area contributed by atoms with Crippen molar-refractivity contribution in [1.29, 1.82) is 0 Å². The normalized spacial score (nSPS) is 12.5. The molecule has 0 saturated heterocycles. The summed E-state index contributed by atoms with van der Waals surface area (Å²) >= 11 is 0. The van der Waals surface area contributed by atoms with E-state index >= 15 is 0 Å². The van der Waals surface area contributed by atoms with Crippen molar-refractivity contribution in [2.75, 3.05) is 6.61 Å². The number of unbranched alkanes of at least 4 members (excludes halogenated alkanes) is 23. The second kappa shape index (κ2) is 32.0. The first-order chi connectivity index (χ1) is 17.5. The van der Waals surface area contributed by atoms with Crippen LogP contribution in [0.3, 0.4) is 0 Å². The molecule has 1 unspecified atom stereocenters. The molecule has 4 nitrogen and oxygen atoms in total. The minimum atomic E-state index is -4.58. The number of hydrogen-bond donors (Lipinski definition) is 0. The first-order valence-corrected chi connectivity index (χ1v) is 17.4. The van der Waals surface area contributed by atoms with E-state index in [-0.39, 0.29) is 63.9 Å². The van der Waals surface area contributed by atoms with Crippen molar-refractivity contribution in [2.24, 2.45) is 5.92 Å². The molecule has 0 aromatic heterocycles. The average Bonchev–Trinajstić information content (AvgIpc) is 2.84. The third kappa shape index (κ3) is 35.5. The monoisotopic (exact) mass is 570 g/mol. The SMILES string of the molecule is CCCCCCCCCCCCCCCCC(CCCCCCCCCCCCC)COS(=O)(=O)[O-].[K+]. The van der Waals surface area contributed by atoms with Gasteiger partial charge in [0.05, 0.1) is 6.61 Å². The van der Waals surface area contributed by atoms with E-state index in [4.69, 9.17) is 0 Å². The standard InChI is InChI=1S/C31H64O4S.K/c1-3-5-7-9-11-13-15-16-17-19-21-23-25-27-29-31(30-35-36(32,33)34)28-26-24-22-20-18-14-12-10-8-6-4-2;/h31H,3-30H2,1-2H3,(H,32,33,34);/q;+1/p-1. The summed E-state index contributed by atoms with van der Waals surface area (Å²) in [5.74, 6) is 0.199. The van der Waals surface area contributed by atoms with Crippen molar-refractivity contribution in [3.8, 4) is 0 Å². The van der Waals surface area contributed by atoms with Gasteiger partial charge in [-0.25, -0.2) is 8.42 Å². The van der Waals surface area contributed by atoms with Gasteiger partial charge in [0, 0.05) is 0 Å². The summed E-state index contributed by atoms with van der Waals surface area (Å²) < 4.78 is 37.4. The van der Waals surface area contributed by atoms with Gasteiger partial charge in [-0.15, -0.1) is 0 Å². The largest absolute Gasteiger partial charge is 1.00 e. The third-order valence-electron chi connectivity index (χ3n) is 7.63. The van der Waals surface area contributed by atoms with Crippen LogP contribution in [-0.4, -0.2) is 19.6 Å². The topological polar surface area (TPSA) is 66.4 Å². The Morgan fingerprint density at radius 1 is 0.486 bits per heavy atom. The molecule has 0 N–H and O–H groups in total. The molecule has 0 spiro atoms. The summed E-state index contributed by atoms with van der Waals surface area (Å²) in [6, 6.07) is 0. The Morgan fingerprint density at radius 3 is 0.973 bits per heavy atom. The van der Waals surface area contributed by atoms with E-state index in [1.165, 1.54) is 148 Å². The molecule has 0 aromatic rings. The summed E-state index contributed by atoms with van der Waals surface area (Å²) in [7, 11) is -4.58. The predicted octanol–water partition coefficient (Wildman–Crippen LogP) is 7.66. The summed E-state index contributed by atoms with van der Waals surface area (Å²) in [5.41, 5.74) is 0. The second-order valence-electron chi connectivity index (χ2n) is 11.3. The Morgan fingerprint density at radius 2 is 0.730 bits per heavy atom. The summed E-state index contributed by atoms with van der Waals surface area (Å²) in [6.45, 7) is 4.60. The quantitative estimate of drug-likeness (QED) is 0.0385. The Labute approximate surface area is 276 Å². The van der Waals surface area contributed by atoms with Gasteiger partial charge in [0.15, 0.2) is 0 Å². The molecule has 0 bridgehead atoms. The van der Waals surface area contributed by atoms with Gasteiger partial charge in [-0.05, 0) is 18.8 Å². The van der Waals surface area contributed by atoms with Crippen LogP contribution < -0.4 is 51.4 Å². The zero-order chi connectivity index (χ0) is 26.6. The van der Waals surface area contributed by atoms with Crippen molar-refractivity contribution in [3.05, 3.63) is 0 Å². The van der Waals surface area contributed by atoms with E-state index in [9.17, 15) is 13.0 Å². The molecular formula is C31H63KO4S. The van der Waals surface area contributed by atoms with Crippen LogP contribution in [0.15, 0.2) is 0 Å². The van der Waals surface area contributed by atoms with E-state index in [2.05, 4.69) is 18.0 Å². The first-order valence-electron chi connectivity index (χ1n) is 16.1. The molecule has 1 atom stereocenters. The van der Waals surface area contributed by atoms with Gasteiger partial charge in [0.25, 0.3) is 0 Å². The van der Waals surface area contributed by atoms with Crippen molar-refractivity contribution in [2.45, 2.75) is 187 Å². The van der Waals surface area contributed by atoms with Crippen LogP contribution in [0.1, 0.15) is 187 Å². The maximum atomic E-state index is 10.9. The fourth-order valence-electron chi connectivity index (χ4n) is 5.22. The first kappa shape index (κ1) is 40.6. The van der Waals surface area contributed by atoms with Crippen LogP contribution in [0.5, 0.6) is 0 Å². The summed E-state index contributed by atoms with van der Waals surface area (Å²) in [4.78, 5) is 0. The summed E-state index contributed by atoms with van der Waals surface area (Å²) in [6.07, 6.45) is 35.1. The Balaban J connectivity index is 0. The zero-order valence-electron chi connectivity index (χ0n) is 25.4. The van der Waals surface area contributed by atoms with Gasteiger partial charge < -0.3 is 4.55 Å². The maximum absolute atomic E-state index is 10.9. The van der Waals surface area contributed by atoms with Gasteiger partial charge in [-0.1, -0.05) is 174 Å². The molecule has 37 heavy (non-hydrogen) atoms. The van der Waals surface area contributed by atoms with Gasteiger partial charge in [-0.3, -0.25) is 4.18 Å². The van der Waals surface area contributed by atoms with Crippen LogP contribution >= 0.6 is 0 Å². The predicted molar refractivity (Wildman–Crippen MR) is 155 cm³/mol. The van der Waals surface area contributed by atoms with Crippen molar-refractivity contribution in [1.82, 2.24) is 0 Å². The molecule has 0 aliphatic rings. The minimum Gasteiger partial charge on any atom is -0.726 e. The maximum Gasteiger partial charge on any atom is 1.00 e. The van der Waals surface area contributed by atoms with Crippen LogP contribution in [0, 0.1) is 5.92 Å². The van der Waals surface area contributed by atoms with E-state index in [0.717, 1.165) is 25.7 Å². The average molecular weight is 571 g/mol. The molecule has 0 fully saturated rings. The Bertz CT molecular complexity index is 527. The molecule has 6 heteroatoms. The zero-order valence-corrected chi connectivity index (χ0v) is 29.4. The molecule has 0 aliphatic heterocycles. The van der Waals surface area contributed by atoms with Gasteiger partial charge in [-0.2, -0.15) is 0 Å². The number of rotatable bonds is 30. The molecular weight excluding hydrogens is 508 g/mol. The molecule has 0 aromatic carbocycles. The van der Waals surface area contributed by atoms with Crippen LogP contribution in [-0.2, 0) is 14.6 Å². The fraction of sp³-hybridized carbons (Fsp3) is 1.00. The molecule has 0 heterocycles. The Kier molecular flexibility index (Phi) is 35.2. The van der Waals surface area contributed by atoms with Crippen molar-refractivity contribution < 1.29 is 68.5 Å². The molecule has 0 radical (unpaired) electrons. The molecule has 218 valence electrons. The smallest absolute Gasteiger partial charge is 0.726 e. The Hall–Kier alpha value is 1.51. The third-order valence-corrected chi connectivity index (χ3v) is 8.05. The van der Waals surface area contributed by atoms with Gasteiger partial charge in [0.1, 0.15) is 0 Å². The molecule has 0 amide bonds. The van der Waals surface area contributed by atoms with Crippen LogP contribution in [0.2, 0.25) is 0 Å². The van der Waals surface area contributed by atoms with Crippen LogP contribution in [0.25, 0.3) is 0 Å². The molecule has 0 rings (SSSR count). The van der Waals surface area contributed by atoms with Gasteiger partial charge >= 0.3 is 51.4 Å². The fourth-order valence-corrected chi connectivity index (χ4v) is 5.57. The van der Waals surface area contributed by atoms with Gasteiger partial charge in [0.2, 0.25) is 10.4 Å². The van der Waals surface area contributed by atoms with E-state index in [0.29, 0.717) is 0 Å². The second-order valence-corrected chi connectivity index (χ2v) is 12.3. The molecule has 0 saturated carbocycles. The molecule has 0 aliphatic carbocycles. The van der Waals surface area contributed by atoms with E-state index in [1.54, 1.807) is 0 Å². The van der Waals surface area contributed by atoms with Crippen LogP contribution in [0.4, 0.5) is 0 Å². The van der Waals surface area contributed by atoms with E-state index in [1.807, 2.05) is 0 Å². The van der Waals surface area contributed by atoms with E-state index < -0.39 is 10.4 Å².